The normalized spacial score (nSPS) is 19.6. The van der Waals surface area contributed by atoms with Gasteiger partial charge in [-0.1, -0.05) is 13.0 Å². The zero-order chi connectivity index (χ0) is 28.6. The van der Waals surface area contributed by atoms with Crippen molar-refractivity contribution in [3.63, 3.8) is 0 Å². The highest BCUT2D eigenvalue weighted by Crippen LogP contribution is 2.37. The quantitative estimate of drug-likeness (QED) is 0.588. The van der Waals surface area contributed by atoms with E-state index in [1.165, 1.54) is 6.07 Å². The Morgan fingerprint density at radius 1 is 1.08 bits per heavy atom. The van der Waals surface area contributed by atoms with E-state index in [0.717, 1.165) is 13.0 Å². The summed E-state index contributed by atoms with van der Waals surface area (Å²) in [7, 11) is -4.26. The number of carbonyl (C=O) groups excluding carboxylic acids is 2. The SMILES string of the molecule is CC1CN(c2ncccc2C(=O)NS(=O)(=O)c2cccc(N3CCN(C(=O)OC(C)(C)C)CC3)n2)C(C)(C)C1. The molecular formula is C27H38N6O5S. The van der Waals surface area contributed by atoms with Crippen molar-refractivity contribution in [3.8, 4) is 0 Å². The van der Waals surface area contributed by atoms with Gasteiger partial charge < -0.3 is 19.4 Å². The maximum absolute atomic E-state index is 13.2. The molecule has 1 unspecified atom stereocenters. The van der Waals surface area contributed by atoms with Crippen molar-refractivity contribution >= 4 is 33.7 Å². The first kappa shape index (κ1) is 28.6. The first-order valence-corrected chi connectivity index (χ1v) is 14.6. The van der Waals surface area contributed by atoms with Gasteiger partial charge in [0.15, 0.2) is 5.03 Å². The molecule has 11 nitrogen and oxygen atoms in total. The van der Waals surface area contributed by atoms with Crippen LogP contribution in [-0.2, 0) is 14.8 Å². The molecule has 2 fully saturated rings. The number of hydrogen-bond donors (Lipinski definition) is 1. The smallest absolute Gasteiger partial charge is 0.410 e. The van der Waals surface area contributed by atoms with Crippen molar-refractivity contribution in [2.24, 2.45) is 5.92 Å². The van der Waals surface area contributed by atoms with Crippen molar-refractivity contribution in [1.29, 1.82) is 0 Å². The summed E-state index contributed by atoms with van der Waals surface area (Å²) in [5, 5.41) is -0.261. The highest BCUT2D eigenvalue weighted by atomic mass is 32.2. The Kier molecular flexibility index (Phi) is 7.79. The van der Waals surface area contributed by atoms with Gasteiger partial charge in [0.1, 0.15) is 17.2 Å². The Labute approximate surface area is 230 Å². The van der Waals surface area contributed by atoms with Gasteiger partial charge in [-0.05, 0) is 71.2 Å². The van der Waals surface area contributed by atoms with Gasteiger partial charge in [0.2, 0.25) is 0 Å². The summed E-state index contributed by atoms with van der Waals surface area (Å²) in [4.78, 5) is 40.0. The van der Waals surface area contributed by atoms with Gasteiger partial charge in [-0.25, -0.2) is 19.5 Å². The zero-order valence-corrected chi connectivity index (χ0v) is 24.3. The van der Waals surface area contributed by atoms with E-state index < -0.39 is 21.5 Å². The van der Waals surface area contributed by atoms with E-state index in [4.69, 9.17) is 4.74 Å². The number of aromatic nitrogens is 2. The van der Waals surface area contributed by atoms with E-state index >= 15 is 0 Å². The van der Waals surface area contributed by atoms with Crippen molar-refractivity contribution < 1.29 is 22.7 Å². The van der Waals surface area contributed by atoms with Gasteiger partial charge in [-0.3, -0.25) is 4.79 Å². The van der Waals surface area contributed by atoms with E-state index in [9.17, 15) is 18.0 Å². The van der Waals surface area contributed by atoms with Gasteiger partial charge in [-0.15, -0.1) is 0 Å². The summed E-state index contributed by atoms with van der Waals surface area (Å²) in [6, 6.07) is 7.85. The fourth-order valence-corrected chi connectivity index (χ4v) is 6.08. The van der Waals surface area contributed by atoms with E-state index in [2.05, 4.69) is 40.4 Å². The van der Waals surface area contributed by atoms with Crippen LogP contribution in [0.3, 0.4) is 0 Å². The van der Waals surface area contributed by atoms with Gasteiger partial charge in [0.05, 0.1) is 5.56 Å². The van der Waals surface area contributed by atoms with Crippen molar-refractivity contribution in [2.75, 3.05) is 42.5 Å². The first-order chi connectivity index (χ1) is 18.2. The number of pyridine rings is 2. The minimum Gasteiger partial charge on any atom is -0.444 e. The molecular weight excluding hydrogens is 520 g/mol. The minimum absolute atomic E-state index is 0.192. The molecule has 4 rings (SSSR count). The van der Waals surface area contributed by atoms with Crippen LogP contribution in [0.15, 0.2) is 41.6 Å². The van der Waals surface area contributed by atoms with Crippen LogP contribution in [0.1, 0.15) is 58.3 Å². The summed E-state index contributed by atoms with van der Waals surface area (Å²) < 4.78 is 34.1. The second-order valence-electron chi connectivity index (χ2n) is 11.8. The third kappa shape index (κ3) is 6.60. The molecule has 4 heterocycles. The molecule has 1 N–H and O–H groups in total. The molecule has 2 aromatic heterocycles. The van der Waals surface area contributed by atoms with Crippen LogP contribution >= 0.6 is 0 Å². The molecule has 0 spiro atoms. The fourth-order valence-electron chi connectivity index (χ4n) is 5.15. The van der Waals surface area contributed by atoms with Crippen LogP contribution in [0, 0.1) is 5.92 Å². The average molecular weight is 559 g/mol. The number of rotatable bonds is 5. The fraction of sp³-hybridized carbons (Fsp3) is 0.556. The Bertz CT molecular complexity index is 1330. The van der Waals surface area contributed by atoms with E-state index in [1.54, 1.807) is 35.4 Å². The van der Waals surface area contributed by atoms with Gasteiger partial charge in [-0.2, -0.15) is 8.42 Å². The number of piperazine rings is 1. The largest absolute Gasteiger partial charge is 0.444 e. The van der Waals surface area contributed by atoms with Crippen LogP contribution in [0.2, 0.25) is 0 Å². The lowest BCUT2D eigenvalue weighted by atomic mass is 9.97. The summed E-state index contributed by atoms with van der Waals surface area (Å²) in [5.74, 6) is 0.569. The number of carbonyl (C=O) groups is 2. The molecule has 1 atom stereocenters. The molecule has 2 aliphatic heterocycles. The standard InChI is InChI=1S/C27H38N6O5S/c1-19-17-27(5,6)33(18-19)23-20(9-8-12-28-23)24(34)30-39(36,37)22-11-7-10-21(29-22)31-13-15-32(16-14-31)25(35)38-26(2,3)4/h7-12,19H,13-18H2,1-6H3,(H,30,34). The summed E-state index contributed by atoms with van der Waals surface area (Å²) in [5.41, 5.74) is -0.606. The Hall–Kier alpha value is -3.41. The highest BCUT2D eigenvalue weighted by molar-refractivity contribution is 7.90. The maximum Gasteiger partial charge on any atom is 0.410 e. The molecule has 12 heteroatoms. The molecule has 0 radical (unpaired) electrons. The molecule has 2 saturated heterocycles. The van der Waals surface area contributed by atoms with Crippen molar-refractivity contribution in [2.45, 2.75) is 64.1 Å². The summed E-state index contributed by atoms with van der Waals surface area (Å²) in [6.45, 7) is 14.3. The lowest BCUT2D eigenvalue weighted by Crippen LogP contribution is -2.50. The number of amides is 2. The van der Waals surface area contributed by atoms with Gasteiger partial charge in [0.25, 0.3) is 15.9 Å². The molecule has 2 aromatic rings. The Morgan fingerprint density at radius 2 is 1.77 bits per heavy atom. The summed E-state index contributed by atoms with van der Waals surface area (Å²) >= 11 is 0. The third-order valence-electron chi connectivity index (χ3n) is 6.83. The molecule has 0 bridgehead atoms. The number of sulfonamides is 1. The van der Waals surface area contributed by atoms with E-state index in [-0.39, 0.29) is 22.2 Å². The van der Waals surface area contributed by atoms with E-state index in [0.29, 0.717) is 43.7 Å². The third-order valence-corrected chi connectivity index (χ3v) is 8.06. The zero-order valence-electron chi connectivity index (χ0n) is 23.5. The van der Waals surface area contributed by atoms with Gasteiger partial charge >= 0.3 is 6.09 Å². The molecule has 212 valence electrons. The van der Waals surface area contributed by atoms with Gasteiger partial charge in [0, 0.05) is 44.5 Å². The number of nitrogens with one attached hydrogen (secondary N) is 1. The van der Waals surface area contributed by atoms with Crippen molar-refractivity contribution in [1.82, 2.24) is 19.6 Å². The highest BCUT2D eigenvalue weighted by Gasteiger charge is 2.39. The average Bonchev–Trinajstić information content (AvgIpc) is 3.14. The van der Waals surface area contributed by atoms with Crippen LogP contribution in [0.5, 0.6) is 0 Å². The molecule has 39 heavy (non-hydrogen) atoms. The minimum atomic E-state index is -4.26. The number of ether oxygens (including phenoxy) is 1. The second kappa shape index (κ2) is 10.6. The lowest BCUT2D eigenvalue weighted by molar-refractivity contribution is 0.0240. The number of hydrogen-bond acceptors (Lipinski definition) is 9. The van der Waals surface area contributed by atoms with E-state index in [1.807, 2.05) is 25.7 Å². The van der Waals surface area contributed by atoms with Crippen LogP contribution in [0.4, 0.5) is 16.4 Å². The topological polar surface area (TPSA) is 125 Å². The predicted molar refractivity (Wildman–Crippen MR) is 148 cm³/mol. The first-order valence-electron chi connectivity index (χ1n) is 13.2. The molecule has 0 aliphatic carbocycles. The van der Waals surface area contributed by atoms with Crippen LogP contribution < -0.4 is 14.5 Å². The van der Waals surface area contributed by atoms with Crippen molar-refractivity contribution in [3.05, 3.63) is 42.1 Å². The Morgan fingerprint density at radius 3 is 2.38 bits per heavy atom. The molecule has 2 amide bonds. The lowest BCUT2D eigenvalue weighted by Gasteiger charge is -2.36. The van der Waals surface area contributed by atoms with Crippen LogP contribution in [0.25, 0.3) is 0 Å². The maximum atomic E-state index is 13.2. The second-order valence-corrected chi connectivity index (χ2v) is 13.5. The molecule has 2 aliphatic rings. The Balaban J connectivity index is 1.47. The molecule has 0 saturated carbocycles. The number of anilines is 2. The monoisotopic (exact) mass is 558 g/mol. The predicted octanol–water partition coefficient (Wildman–Crippen LogP) is 3.28. The van der Waals surface area contributed by atoms with Crippen LogP contribution in [-0.4, -0.2) is 79.1 Å². The summed E-state index contributed by atoms with van der Waals surface area (Å²) in [6.07, 6.45) is 2.16. The number of nitrogens with zero attached hydrogens (tertiary/aromatic N) is 5. The molecule has 0 aromatic carbocycles.